The summed E-state index contributed by atoms with van der Waals surface area (Å²) < 4.78 is 0. The van der Waals surface area contributed by atoms with Crippen molar-refractivity contribution in [2.24, 2.45) is 0 Å². The predicted molar refractivity (Wildman–Crippen MR) is 105 cm³/mol. The number of fused-ring (bicyclic) bond motifs is 1. The maximum Gasteiger partial charge on any atom is 0.225 e. The molecule has 25 heavy (non-hydrogen) atoms. The Morgan fingerprint density at radius 1 is 1.40 bits per heavy atom. The van der Waals surface area contributed by atoms with Crippen molar-refractivity contribution < 1.29 is 9.59 Å². The number of aryl methyl sites for hydroxylation is 1. The van der Waals surface area contributed by atoms with Crippen LogP contribution in [-0.2, 0) is 17.6 Å². The standard InChI is InChI=1S/C19H22N2O2S2/c1-12(24-2)8-9-16(22)21-19-17(14-6-3-7-15(14)25-19)18(23)13-5-4-10-20-11-13/h4-5,10-12H,3,6-9H2,1-2H3,(H,21,22). The Hall–Kier alpha value is -1.66. The van der Waals surface area contributed by atoms with E-state index in [0.717, 1.165) is 31.2 Å². The highest BCUT2D eigenvalue weighted by molar-refractivity contribution is 7.99. The minimum absolute atomic E-state index is 0.0129. The number of aromatic nitrogens is 1. The van der Waals surface area contributed by atoms with Gasteiger partial charge in [0.15, 0.2) is 5.78 Å². The van der Waals surface area contributed by atoms with Crippen LogP contribution < -0.4 is 5.32 Å². The fourth-order valence-electron chi connectivity index (χ4n) is 3.02. The molecule has 0 aliphatic heterocycles. The number of carbonyl (C=O) groups is 2. The van der Waals surface area contributed by atoms with Gasteiger partial charge in [-0.05, 0) is 49.6 Å². The van der Waals surface area contributed by atoms with Gasteiger partial charge in [-0.1, -0.05) is 6.92 Å². The van der Waals surface area contributed by atoms with Crippen LogP contribution in [0.3, 0.4) is 0 Å². The molecule has 1 unspecified atom stereocenters. The molecule has 0 saturated heterocycles. The molecule has 0 spiro atoms. The van der Waals surface area contributed by atoms with Crippen LogP contribution in [-0.4, -0.2) is 28.2 Å². The molecule has 4 nitrogen and oxygen atoms in total. The summed E-state index contributed by atoms with van der Waals surface area (Å²) in [6.45, 7) is 2.12. The van der Waals surface area contributed by atoms with E-state index in [9.17, 15) is 9.59 Å². The zero-order chi connectivity index (χ0) is 17.8. The number of nitrogens with zero attached hydrogens (tertiary/aromatic N) is 1. The van der Waals surface area contributed by atoms with Gasteiger partial charge >= 0.3 is 0 Å². The van der Waals surface area contributed by atoms with E-state index in [1.807, 2.05) is 0 Å². The minimum atomic E-state index is -0.0414. The largest absolute Gasteiger partial charge is 0.317 e. The second-order valence-corrected chi connectivity index (χ2v) is 8.65. The summed E-state index contributed by atoms with van der Waals surface area (Å²) >= 11 is 3.32. The maximum absolute atomic E-state index is 13.0. The Kier molecular flexibility index (Phi) is 5.91. The number of thioether (sulfide) groups is 1. The number of hydrogen-bond donors (Lipinski definition) is 1. The molecular weight excluding hydrogens is 352 g/mol. The lowest BCUT2D eigenvalue weighted by Crippen LogP contribution is -2.15. The first kappa shape index (κ1) is 18.1. The molecule has 1 aliphatic rings. The first-order valence-corrected chi connectivity index (χ1v) is 10.6. The number of rotatable bonds is 7. The van der Waals surface area contributed by atoms with Gasteiger partial charge in [0.2, 0.25) is 5.91 Å². The average Bonchev–Trinajstić information content (AvgIpc) is 3.20. The van der Waals surface area contributed by atoms with Gasteiger partial charge in [-0.3, -0.25) is 14.6 Å². The van der Waals surface area contributed by atoms with Gasteiger partial charge in [0.05, 0.1) is 5.56 Å². The number of amides is 1. The van der Waals surface area contributed by atoms with Crippen molar-refractivity contribution in [1.29, 1.82) is 0 Å². The topological polar surface area (TPSA) is 59.1 Å². The van der Waals surface area contributed by atoms with Crippen molar-refractivity contribution in [2.75, 3.05) is 11.6 Å². The summed E-state index contributed by atoms with van der Waals surface area (Å²) in [6, 6.07) is 3.54. The van der Waals surface area contributed by atoms with Crippen molar-refractivity contribution in [2.45, 2.75) is 44.3 Å². The quantitative estimate of drug-likeness (QED) is 0.733. The molecule has 1 N–H and O–H groups in total. The van der Waals surface area contributed by atoms with Crippen LogP contribution in [0.2, 0.25) is 0 Å². The van der Waals surface area contributed by atoms with Crippen LogP contribution in [0, 0.1) is 0 Å². The molecule has 0 radical (unpaired) electrons. The summed E-state index contributed by atoms with van der Waals surface area (Å²) in [7, 11) is 0. The van der Waals surface area contributed by atoms with Crippen molar-refractivity contribution in [1.82, 2.24) is 4.98 Å². The number of nitrogens with one attached hydrogen (secondary N) is 1. The molecule has 6 heteroatoms. The molecule has 1 amide bonds. The molecule has 0 bridgehead atoms. The molecule has 0 fully saturated rings. The molecule has 3 rings (SSSR count). The van der Waals surface area contributed by atoms with Crippen molar-refractivity contribution in [3.63, 3.8) is 0 Å². The maximum atomic E-state index is 13.0. The smallest absolute Gasteiger partial charge is 0.225 e. The molecule has 0 aromatic carbocycles. The third-order valence-electron chi connectivity index (χ3n) is 4.51. The SMILES string of the molecule is CSC(C)CCC(=O)Nc1sc2c(c1C(=O)c1cccnc1)CCC2. The lowest BCUT2D eigenvalue weighted by molar-refractivity contribution is -0.116. The van der Waals surface area contributed by atoms with Crippen LogP contribution in [0.25, 0.3) is 0 Å². The first-order valence-electron chi connectivity index (χ1n) is 8.52. The molecule has 2 aromatic rings. The normalized spacial score (nSPS) is 14.2. The van der Waals surface area contributed by atoms with Gasteiger partial charge in [0, 0.05) is 34.5 Å². The van der Waals surface area contributed by atoms with Gasteiger partial charge in [0.25, 0.3) is 0 Å². The van der Waals surface area contributed by atoms with E-state index in [2.05, 4.69) is 23.5 Å². The minimum Gasteiger partial charge on any atom is -0.317 e. The zero-order valence-electron chi connectivity index (χ0n) is 14.5. The van der Waals surface area contributed by atoms with Crippen molar-refractivity contribution in [3.8, 4) is 0 Å². The predicted octanol–water partition coefficient (Wildman–Crippen LogP) is 4.33. The molecule has 132 valence electrons. The van der Waals surface area contributed by atoms with Crippen LogP contribution in [0.5, 0.6) is 0 Å². The number of hydrogen-bond acceptors (Lipinski definition) is 5. The van der Waals surface area contributed by atoms with E-state index in [-0.39, 0.29) is 11.7 Å². The van der Waals surface area contributed by atoms with E-state index in [1.165, 1.54) is 4.88 Å². The van der Waals surface area contributed by atoms with Gasteiger partial charge in [-0.15, -0.1) is 11.3 Å². The van der Waals surface area contributed by atoms with Crippen LogP contribution in [0.4, 0.5) is 5.00 Å². The average molecular weight is 375 g/mol. The third-order valence-corrected chi connectivity index (χ3v) is 6.75. The lowest BCUT2D eigenvalue weighted by Gasteiger charge is -2.10. The first-order chi connectivity index (χ1) is 12.1. The monoisotopic (exact) mass is 374 g/mol. The van der Waals surface area contributed by atoms with E-state index >= 15 is 0 Å². The second-order valence-electron chi connectivity index (χ2n) is 6.27. The second kappa shape index (κ2) is 8.15. The zero-order valence-corrected chi connectivity index (χ0v) is 16.1. The fourth-order valence-corrected chi connectivity index (χ4v) is 4.67. The molecule has 1 atom stereocenters. The van der Waals surface area contributed by atoms with E-state index < -0.39 is 0 Å². The number of anilines is 1. The third kappa shape index (κ3) is 4.12. The van der Waals surface area contributed by atoms with E-state index in [4.69, 9.17) is 0 Å². The van der Waals surface area contributed by atoms with Crippen molar-refractivity contribution in [3.05, 3.63) is 46.1 Å². The van der Waals surface area contributed by atoms with E-state index in [0.29, 0.717) is 27.8 Å². The Morgan fingerprint density at radius 3 is 2.96 bits per heavy atom. The fraction of sp³-hybridized carbons (Fsp3) is 0.421. The Balaban J connectivity index is 1.83. The highest BCUT2D eigenvalue weighted by atomic mass is 32.2. The molecule has 0 saturated carbocycles. The van der Waals surface area contributed by atoms with Crippen LogP contribution in [0.15, 0.2) is 24.5 Å². The summed E-state index contributed by atoms with van der Waals surface area (Å²) in [5.74, 6) is -0.0543. The summed E-state index contributed by atoms with van der Waals surface area (Å²) in [5.41, 5.74) is 2.37. The van der Waals surface area contributed by atoms with Gasteiger partial charge in [-0.2, -0.15) is 11.8 Å². The number of carbonyl (C=O) groups excluding carboxylic acids is 2. The Morgan fingerprint density at radius 2 is 2.24 bits per heavy atom. The van der Waals surface area contributed by atoms with Crippen LogP contribution >= 0.6 is 23.1 Å². The summed E-state index contributed by atoms with van der Waals surface area (Å²) in [6.07, 6.45) is 9.59. The number of pyridine rings is 1. The Bertz CT molecular complexity index is 771. The molecule has 2 heterocycles. The Labute approximate surface area is 156 Å². The number of ketones is 1. The molecule has 2 aromatic heterocycles. The van der Waals surface area contributed by atoms with Gasteiger partial charge in [-0.25, -0.2) is 0 Å². The highest BCUT2D eigenvalue weighted by Gasteiger charge is 2.28. The lowest BCUT2D eigenvalue weighted by atomic mass is 10.0. The highest BCUT2D eigenvalue weighted by Crippen LogP contribution is 2.40. The summed E-state index contributed by atoms with van der Waals surface area (Å²) in [4.78, 5) is 30.6. The molecular formula is C19H22N2O2S2. The van der Waals surface area contributed by atoms with Crippen molar-refractivity contribution >= 4 is 39.8 Å². The number of thiophene rings is 1. The molecule has 1 aliphatic carbocycles. The van der Waals surface area contributed by atoms with Crippen LogP contribution in [0.1, 0.15) is 52.5 Å². The van der Waals surface area contributed by atoms with Gasteiger partial charge in [0.1, 0.15) is 5.00 Å². The van der Waals surface area contributed by atoms with Gasteiger partial charge < -0.3 is 5.32 Å². The summed E-state index contributed by atoms with van der Waals surface area (Å²) in [5, 5.41) is 4.16. The van der Waals surface area contributed by atoms with E-state index in [1.54, 1.807) is 47.6 Å².